The lowest BCUT2D eigenvalue weighted by Gasteiger charge is -2.15. The minimum Gasteiger partial charge on any atom is -0.507 e. The Hall–Kier alpha value is -3.81. The Kier molecular flexibility index (Phi) is 5.05. The van der Waals surface area contributed by atoms with Gasteiger partial charge in [-0.05, 0) is 55.2 Å². The van der Waals surface area contributed by atoms with Crippen molar-refractivity contribution in [1.82, 2.24) is 10.5 Å². The van der Waals surface area contributed by atoms with Crippen LogP contribution < -0.4 is 10.2 Å². The van der Waals surface area contributed by atoms with Crippen molar-refractivity contribution >= 4 is 17.7 Å². The van der Waals surface area contributed by atoms with Gasteiger partial charge in [-0.15, -0.1) is 0 Å². The molecule has 2 N–H and O–H groups in total. The summed E-state index contributed by atoms with van der Waals surface area (Å²) >= 11 is 0. The lowest BCUT2D eigenvalue weighted by Crippen LogP contribution is -2.33. The maximum absolute atomic E-state index is 12.4. The van der Waals surface area contributed by atoms with Crippen molar-refractivity contribution in [1.29, 1.82) is 0 Å². The molecular formula is C24H23N3O5. The van der Waals surface area contributed by atoms with Crippen LogP contribution in [-0.4, -0.2) is 41.5 Å². The molecule has 2 aliphatic rings. The summed E-state index contributed by atoms with van der Waals surface area (Å²) in [5, 5.41) is 17.2. The minimum atomic E-state index is -0.420. The number of phenols is 1. The van der Waals surface area contributed by atoms with E-state index in [1.807, 2.05) is 30.3 Å². The summed E-state index contributed by atoms with van der Waals surface area (Å²) in [7, 11) is 0. The zero-order chi connectivity index (χ0) is 22.2. The van der Waals surface area contributed by atoms with Gasteiger partial charge in [-0.2, -0.15) is 0 Å². The number of aromatic hydroxyl groups is 1. The first-order chi connectivity index (χ1) is 15.5. The number of nitrogens with one attached hydrogen (secondary N) is 1. The van der Waals surface area contributed by atoms with E-state index in [4.69, 9.17) is 9.26 Å². The van der Waals surface area contributed by atoms with Crippen LogP contribution in [0.1, 0.15) is 24.5 Å². The van der Waals surface area contributed by atoms with Crippen molar-refractivity contribution in [2.45, 2.75) is 32.3 Å². The number of fused-ring (bicyclic) bond motifs is 3. The van der Waals surface area contributed by atoms with Crippen LogP contribution in [0.3, 0.4) is 0 Å². The Morgan fingerprint density at radius 2 is 2.06 bits per heavy atom. The number of para-hydroxylation sites is 1. The molecule has 0 radical (unpaired) electrons. The molecule has 0 bridgehead atoms. The van der Waals surface area contributed by atoms with Crippen LogP contribution in [0.2, 0.25) is 0 Å². The molecule has 1 aliphatic heterocycles. The summed E-state index contributed by atoms with van der Waals surface area (Å²) in [4.78, 5) is 25.1. The van der Waals surface area contributed by atoms with Gasteiger partial charge in [-0.3, -0.25) is 9.69 Å². The molecule has 2 aromatic carbocycles. The quantitative estimate of drug-likeness (QED) is 0.651. The Bertz CT molecular complexity index is 1200. The molecule has 1 saturated heterocycles. The maximum atomic E-state index is 12.4. The number of benzene rings is 2. The topological polar surface area (TPSA) is 105 Å². The number of carbonyl (C=O) groups excluding carboxylic acids is 2. The number of anilines is 1. The molecule has 1 aliphatic carbocycles. The van der Waals surface area contributed by atoms with Crippen molar-refractivity contribution in [2.24, 2.45) is 0 Å². The van der Waals surface area contributed by atoms with Gasteiger partial charge in [0.05, 0.1) is 13.1 Å². The Balaban J connectivity index is 1.45. The van der Waals surface area contributed by atoms with Crippen LogP contribution in [0.4, 0.5) is 10.5 Å². The summed E-state index contributed by atoms with van der Waals surface area (Å²) in [5.74, 6) is 0.718. The van der Waals surface area contributed by atoms with E-state index in [2.05, 4.69) is 10.5 Å². The molecule has 32 heavy (non-hydrogen) atoms. The van der Waals surface area contributed by atoms with E-state index in [0.29, 0.717) is 30.1 Å². The summed E-state index contributed by atoms with van der Waals surface area (Å²) in [6, 6.07) is 12.9. The second kappa shape index (κ2) is 8.03. The van der Waals surface area contributed by atoms with Gasteiger partial charge in [0.1, 0.15) is 17.5 Å². The first kappa shape index (κ1) is 20.1. The molecule has 164 valence electrons. The van der Waals surface area contributed by atoms with Gasteiger partial charge in [0.15, 0.2) is 5.76 Å². The van der Waals surface area contributed by atoms with Gasteiger partial charge in [0, 0.05) is 29.3 Å². The lowest BCUT2D eigenvalue weighted by atomic mass is 9.99. The fraction of sp³-hybridized carbons (Fsp3) is 0.292. The predicted octanol–water partition coefficient (Wildman–Crippen LogP) is 3.66. The van der Waals surface area contributed by atoms with Gasteiger partial charge in [0.25, 0.3) is 0 Å². The maximum Gasteiger partial charge on any atom is 0.414 e. The molecule has 8 heteroatoms. The number of hydrogen-bond donors (Lipinski definition) is 2. The monoisotopic (exact) mass is 433 g/mol. The number of aromatic nitrogens is 1. The van der Waals surface area contributed by atoms with Crippen LogP contribution in [-0.2, 0) is 22.4 Å². The van der Waals surface area contributed by atoms with Crippen molar-refractivity contribution in [3.8, 4) is 28.3 Å². The van der Waals surface area contributed by atoms with Crippen LogP contribution >= 0.6 is 0 Å². The molecule has 1 aromatic heterocycles. The molecule has 5 rings (SSSR count). The van der Waals surface area contributed by atoms with Crippen molar-refractivity contribution in [2.75, 3.05) is 18.0 Å². The van der Waals surface area contributed by atoms with E-state index in [-0.39, 0.29) is 17.8 Å². The van der Waals surface area contributed by atoms with E-state index in [0.717, 1.165) is 41.6 Å². The molecule has 3 aromatic rings. The second-order valence-electron chi connectivity index (χ2n) is 8.10. The molecule has 1 fully saturated rings. The van der Waals surface area contributed by atoms with E-state index >= 15 is 0 Å². The first-order valence-corrected chi connectivity index (χ1v) is 10.6. The summed E-state index contributed by atoms with van der Waals surface area (Å²) in [6.45, 7) is 2.10. The Morgan fingerprint density at radius 1 is 1.22 bits per heavy atom. The fourth-order valence-electron chi connectivity index (χ4n) is 4.37. The van der Waals surface area contributed by atoms with E-state index < -0.39 is 6.09 Å². The number of carbonyl (C=O) groups is 2. The second-order valence-corrected chi connectivity index (χ2v) is 8.10. The molecule has 8 nitrogen and oxygen atoms in total. The number of rotatable bonds is 4. The van der Waals surface area contributed by atoms with E-state index in [9.17, 15) is 14.7 Å². The van der Waals surface area contributed by atoms with Crippen LogP contribution in [0.25, 0.3) is 22.6 Å². The van der Waals surface area contributed by atoms with Crippen molar-refractivity contribution < 1.29 is 24.0 Å². The van der Waals surface area contributed by atoms with Crippen molar-refractivity contribution in [3.63, 3.8) is 0 Å². The highest BCUT2D eigenvalue weighted by Gasteiger charge is 2.33. The highest BCUT2D eigenvalue weighted by molar-refractivity contribution is 5.91. The highest BCUT2D eigenvalue weighted by atomic mass is 16.6. The average molecular weight is 433 g/mol. The lowest BCUT2D eigenvalue weighted by molar-refractivity contribution is -0.119. The van der Waals surface area contributed by atoms with Gasteiger partial charge < -0.3 is 19.7 Å². The third-order valence-electron chi connectivity index (χ3n) is 5.92. The number of amides is 2. The average Bonchev–Trinajstić information content (AvgIpc) is 3.31. The largest absolute Gasteiger partial charge is 0.507 e. The van der Waals surface area contributed by atoms with Crippen LogP contribution in [0, 0.1) is 0 Å². The number of nitrogens with zero attached hydrogens (tertiary/aromatic N) is 2. The Labute approximate surface area is 184 Å². The standard InChI is InChI=1S/C24H23N3O5/c1-14(28)25-12-17-13-27(24(30)31-17)16-9-10-18-15(11-16)5-4-7-20-22(26-32-23(18)20)19-6-2-3-8-21(19)29/h2-3,6,8-11,17,29H,4-5,7,12-13H2,1H3,(H,25,28). The van der Waals surface area contributed by atoms with Gasteiger partial charge in [0.2, 0.25) is 5.91 Å². The zero-order valence-corrected chi connectivity index (χ0v) is 17.6. The number of aryl methyl sites for hydroxylation is 1. The van der Waals surface area contributed by atoms with Gasteiger partial charge >= 0.3 is 6.09 Å². The molecule has 0 saturated carbocycles. The summed E-state index contributed by atoms with van der Waals surface area (Å²) in [6.07, 6.45) is 1.69. The molecule has 0 spiro atoms. The zero-order valence-electron chi connectivity index (χ0n) is 17.6. The van der Waals surface area contributed by atoms with E-state index in [1.54, 1.807) is 17.0 Å². The predicted molar refractivity (Wildman–Crippen MR) is 117 cm³/mol. The van der Waals surface area contributed by atoms with Crippen LogP contribution in [0.15, 0.2) is 47.0 Å². The first-order valence-electron chi connectivity index (χ1n) is 10.6. The normalized spacial score (nSPS) is 17.3. The molecular weight excluding hydrogens is 410 g/mol. The molecule has 2 heterocycles. The summed E-state index contributed by atoms with van der Waals surface area (Å²) < 4.78 is 11.1. The third kappa shape index (κ3) is 3.57. The van der Waals surface area contributed by atoms with Gasteiger partial charge in [-0.25, -0.2) is 4.79 Å². The number of phenolic OH excluding ortho intramolecular Hbond substituents is 1. The van der Waals surface area contributed by atoms with E-state index in [1.165, 1.54) is 6.92 Å². The fourth-order valence-corrected chi connectivity index (χ4v) is 4.37. The minimum absolute atomic E-state index is 0.157. The van der Waals surface area contributed by atoms with Gasteiger partial charge in [-0.1, -0.05) is 17.3 Å². The smallest absolute Gasteiger partial charge is 0.414 e. The summed E-state index contributed by atoms with van der Waals surface area (Å²) in [5.41, 5.74) is 5.07. The Morgan fingerprint density at radius 3 is 2.88 bits per heavy atom. The third-order valence-corrected chi connectivity index (χ3v) is 5.92. The SMILES string of the molecule is CC(=O)NCC1CN(c2ccc3c(c2)CCCc2c(-c4ccccc4O)noc2-3)C(=O)O1. The molecule has 1 unspecified atom stereocenters. The molecule has 2 amide bonds. The molecule has 1 atom stereocenters. The number of hydrogen-bond acceptors (Lipinski definition) is 6. The van der Waals surface area contributed by atoms with Crippen molar-refractivity contribution in [3.05, 3.63) is 53.6 Å². The number of cyclic esters (lactones) is 1. The highest BCUT2D eigenvalue weighted by Crippen LogP contribution is 2.41. The number of ether oxygens (including phenoxy) is 1. The van der Waals surface area contributed by atoms with Crippen LogP contribution in [0.5, 0.6) is 5.75 Å².